The molecule has 2 heterocycles. The molecule has 21 heavy (non-hydrogen) atoms. The summed E-state index contributed by atoms with van der Waals surface area (Å²) in [6, 6.07) is -0.212. The molecule has 0 atom stereocenters. The summed E-state index contributed by atoms with van der Waals surface area (Å²) in [5.41, 5.74) is 0. The fraction of sp³-hybridized carbons (Fsp3) is 0.500. The molecule has 0 saturated carbocycles. The van der Waals surface area contributed by atoms with E-state index in [0.717, 1.165) is 0 Å². The normalized spacial score (nSPS) is 11.4. The monoisotopic (exact) mass is 303 g/mol. The number of rotatable bonds is 6. The molecule has 0 radical (unpaired) electrons. The molecule has 0 aliphatic heterocycles. The summed E-state index contributed by atoms with van der Waals surface area (Å²) in [5.74, 6) is 0.278. The van der Waals surface area contributed by atoms with Crippen LogP contribution in [0.3, 0.4) is 0 Å². The lowest BCUT2D eigenvalue weighted by molar-refractivity contribution is -0.139. The van der Waals surface area contributed by atoms with Crippen molar-refractivity contribution in [2.24, 2.45) is 0 Å². The number of ether oxygens (including phenoxy) is 1. The van der Waals surface area contributed by atoms with Gasteiger partial charge in [0.05, 0.1) is 6.42 Å². The van der Waals surface area contributed by atoms with E-state index in [-0.39, 0.29) is 17.9 Å². The highest BCUT2D eigenvalue weighted by molar-refractivity contribution is 5.29. The molecule has 2 aromatic rings. The summed E-state index contributed by atoms with van der Waals surface area (Å²) in [4.78, 5) is 15.5. The Labute approximate surface area is 117 Å². The van der Waals surface area contributed by atoms with E-state index in [9.17, 15) is 13.2 Å². The summed E-state index contributed by atoms with van der Waals surface area (Å²) >= 11 is 0. The van der Waals surface area contributed by atoms with Gasteiger partial charge in [0.1, 0.15) is 19.3 Å². The van der Waals surface area contributed by atoms with E-state index in [4.69, 9.17) is 4.74 Å². The van der Waals surface area contributed by atoms with Gasteiger partial charge in [-0.2, -0.15) is 37.9 Å². The highest BCUT2D eigenvalue weighted by Gasteiger charge is 2.27. The topological polar surface area (TPSA) is 90.6 Å². The fourth-order valence-corrected chi connectivity index (χ4v) is 1.32. The third kappa shape index (κ3) is 4.54. The molecule has 0 saturated heterocycles. The van der Waals surface area contributed by atoms with Gasteiger partial charge in [-0.3, -0.25) is 0 Å². The van der Waals surface area contributed by atoms with Crippen LogP contribution in [0, 0.1) is 0 Å². The Morgan fingerprint density at radius 1 is 1.29 bits per heavy atom. The van der Waals surface area contributed by atoms with Crippen molar-refractivity contribution in [1.29, 1.82) is 0 Å². The van der Waals surface area contributed by atoms with Crippen LogP contribution in [-0.4, -0.2) is 49.0 Å². The van der Waals surface area contributed by atoms with Gasteiger partial charge < -0.3 is 10.1 Å². The minimum Gasteiger partial charge on any atom is -0.463 e. The minimum absolute atomic E-state index is 0.0976. The van der Waals surface area contributed by atoms with E-state index in [0.29, 0.717) is 6.54 Å². The Bertz CT molecular complexity index is 573. The van der Waals surface area contributed by atoms with Crippen LogP contribution in [0.1, 0.15) is 13.3 Å². The second-order valence-corrected chi connectivity index (χ2v) is 3.83. The number of alkyl halides is 3. The van der Waals surface area contributed by atoms with Gasteiger partial charge in [0.2, 0.25) is 5.95 Å². The molecule has 0 fully saturated rings. The number of nitrogens with zero attached hydrogens (tertiary/aromatic N) is 6. The summed E-state index contributed by atoms with van der Waals surface area (Å²) in [6.07, 6.45) is -2.76. The van der Waals surface area contributed by atoms with Crippen LogP contribution in [-0.2, 0) is 0 Å². The second-order valence-electron chi connectivity index (χ2n) is 3.83. The quantitative estimate of drug-likeness (QED) is 0.857. The highest BCUT2D eigenvalue weighted by Crippen LogP contribution is 2.19. The van der Waals surface area contributed by atoms with Crippen molar-refractivity contribution >= 4 is 5.95 Å². The molecule has 11 heteroatoms. The van der Waals surface area contributed by atoms with Crippen molar-refractivity contribution in [1.82, 2.24) is 29.7 Å². The number of hydrogen-bond acceptors (Lipinski definition) is 7. The van der Waals surface area contributed by atoms with Gasteiger partial charge in [0.15, 0.2) is 0 Å². The number of nitrogens with one attached hydrogen (secondary N) is 1. The largest absolute Gasteiger partial charge is 0.463 e. The second kappa shape index (κ2) is 6.33. The van der Waals surface area contributed by atoms with E-state index in [1.165, 1.54) is 17.3 Å². The lowest BCUT2D eigenvalue weighted by Crippen LogP contribution is -2.15. The molecule has 1 N–H and O–H groups in total. The molecule has 0 aliphatic rings. The molecule has 114 valence electrons. The summed E-state index contributed by atoms with van der Waals surface area (Å²) in [7, 11) is 0. The molecule has 0 bridgehead atoms. The molecule has 0 unspecified atom stereocenters. The van der Waals surface area contributed by atoms with Crippen molar-refractivity contribution in [3.05, 3.63) is 12.7 Å². The zero-order valence-electron chi connectivity index (χ0n) is 11.0. The first-order valence-corrected chi connectivity index (χ1v) is 6.02. The van der Waals surface area contributed by atoms with E-state index in [2.05, 4.69) is 30.4 Å². The van der Waals surface area contributed by atoms with Gasteiger partial charge in [-0.25, -0.2) is 4.98 Å². The molecule has 8 nitrogen and oxygen atoms in total. The SMILES string of the molecule is CCNc1nc(OCCC(F)(F)F)nc(-n2cncn2)n1. The van der Waals surface area contributed by atoms with Crippen LogP contribution in [0.5, 0.6) is 6.01 Å². The predicted molar refractivity (Wildman–Crippen MR) is 65.1 cm³/mol. The van der Waals surface area contributed by atoms with Gasteiger partial charge in [-0.05, 0) is 6.92 Å². The Kier molecular flexibility index (Phi) is 4.50. The van der Waals surface area contributed by atoms with Gasteiger partial charge in [-0.1, -0.05) is 0 Å². The minimum atomic E-state index is -4.30. The van der Waals surface area contributed by atoms with Crippen LogP contribution < -0.4 is 10.1 Å². The van der Waals surface area contributed by atoms with Crippen LogP contribution in [0.4, 0.5) is 19.1 Å². The first-order chi connectivity index (χ1) is 9.98. The van der Waals surface area contributed by atoms with Gasteiger partial charge in [-0.15, -0.1) is 0 Å². The third-order valence-corrected chi connectivity index (χ3v) is 2.18. The number of anilines is 1. The molecular weight excluding hydrogens is 291 g/mol. The lowest BCUT2D eigenvalue weighted by atomic mass is 10.4. The Balaban J connectivity index is 2.16. The molecule has 0 spiro atoms. The first-order valence-electron chi connectivity index (χ1n) is 6.02. The number of aromatic nitrogens is 6. The van der Waals surface area contributed by atoms with Crippen molar-refractivity contribution in [2.75, 3.05) is 18.5 Å². The fourth-order valence-electron chi connectivity index (χ4n) is 1.32. The average molecular weight is 303 g/mol. The van der Waals surface area contributed by atoms with E-state index in [1.54, 1.807) is 0 Å². The number of hydrogen-bond donors (Lipinski definition) is 1. The number of halogens is 3. The summed E-state index contributed by atoms with van der Waals surface area (Å²) in [5, 5.41) is 6.67. The van der Waals surface area contributed by atoms with Crippen LogP contribution >= 0.6 is 0 Å². The Morgan fingerprint density at radius 2 is 2.10 bits per heavy atom. The van der Waals surface area contributed by atoms with Crippen molar-refractivity contribution < 1.29 is 17.9 Å². The molecule has 2 aromatic heterocycles. The van der Waals surface area contributed by atoms with Crippen molar-refractivity contribution in [3.8, 4) is 12.0 Å². The third-order valence-electron chi connectivity index (χ3n) is 2.18. The zero-order chi connectivity index (χ0) is 15.3. The highest BCUT2D eigenvalue weighted by atomic mass is 19.4. The lowest BCUT2D eigenvalue weighted by Gasteiger charge is -2.09. The van der Waals surface area contributed by atoms with E-state index >= 15 is 0 Å². The molecule has 0 aliphatic carbocycles. The van der Waals surface area contributed by atoms with Crippen LogP contribution in [0.25, 0.3) is 5.95 Å². The van der Waals surface area contributed by atoms with Crippen LogP contribution in [0.15, 0.2) is 12.7 Å². The van der Waals surface area contributed by atoms with E-state index < -0.39 is 19.2 Å². The molecule has 0 aromatic carbocycles. The van der Waals surface area contributed by atoms with Gasteiger partial charge in [0, 0.05) is 6.54 Å². The summed E-state index contributed by atoms with van der Waals surface area (Å²) in [6.45, 7) is 1.78. The van der Waals surface area contributed by atoms with Gasteiger partial charge in [0.25, 0.3) is 5.95 Å². The predicted octanol–water partition coefficient (Wildman–Crippen LogP) is 1.22. The standard InChI is InChI=1S/C10H12F3N7O/c1-2-15-7-17-8(20-6-14-5-16-20)19-9(18-7)21-4-3-10(11,12)13/h5-6H,2-4H2,1H3,(H,15,17,18,19). The maximum Gasteiger partial charge on any atom is 0.392 e. The average Bonchev–Trinajstić information content (AvgIpc) is 2.91. The Morgan fingerprint density at radius 3 is 2.71 bits per heavy atom. The zero-order valence-corrected chi connectivity index (χ0v) is 11.0. The maximum atomic E-state index is 12.1. The van der Waals surface area contributed by atoms with Crippen LogP contribution in [0.2, 0.25) is 0 Å². The van der Waals surface area contributed by atoms with E-state index in [1.807, 2.05) is 6.92 Å². The van der Waals surface area contributed by atoms with Crippen molar-refractivity contribution in [2.45, 2.75) is 19.5 Å². The smallest absolute Gasteiger partial charge is 0.392 e. The van der Waals surface area contributed by atoms with Gasteiger partial charge >= 0.3 is 12.2 Å². The first kappa shape index (κ1) is 14.9. The summed E-state index contributed by atoms with van der Waals surface area (Å²) < 4.78 is 42.5. The molecule has 0 amide bonds. The molecule has 2 rings (SSSR count). The Hall–Kier alpha value is -2.46. The molecular formula is C10H12F3N7O. The van der Waals surface area contributed by atoms with Crippen molar-refractivity contribution in [3.63, 3.8) is 0 Å². The maximum absolute atomic E-state index is 12.1.